The molecule has 2 heterocycles. The van der Waals surface area contributed by atoms with Crippen molar-refractivity contribution in [2.45, 2.75) is 18.6 Å². The number of hydrogen-bond donors (Lipinski definition) is 1. The largest absolute Gasteiger partial charge is 0.346 e. The third kappa shape index (κ3) is 3.37. The van der Waals surface area contributed by atoms with Crippen LogP contribution in [0.15, 0.2) is 59.1 Å². The van der Waals surface area contributed by atoms with Crippen LogP contribution in [0.4, 0.5) is 0 Å². The van der Waals surface area contributed by atoms with Crippen molar-refractivity contribution < 1.29 is 9.68 Å². The van der Waals surface area contributed by atoms with Crippen molar-refractivity contribution in [1.29, 1.82) is 0 Å². The molecule has 4 rings (SSSR count). The third-order valence-corrected chi connectivity index (χ3v) is 6.69. The lowest BCUT2D eigenvalue weighted by Crippen LogP contribution is -2.48. The SMILES string of the molecule is O[C@@]1(c2ccc(Br)cc2)C[N+](CCc2ccccc2)=C2SCCCN21. The molecular weight excluding hydrogens is 396 g/mol. The first kappa shape index (κ1) is 17.1. The van der Waals surface area contributed by atoms with Crippen LogP contribution in [-0.4, -0.2) is 45.1 Å². The van der Waals surface area contributed by atoms with Crippen LogP contribution < -0.4 is 0 Å². The highest BCUT2D eigenvalue weighted by Crippen LogP contribution is 2.37. The minimum Gasteiger partial charge on any atom is -0.346 e. The van der Waals surface area contributed by atoms with Crippen LogP contribution in [0.5, 0.6) is 0 Å². The second-order valence-electron chi connectivity index (χ2n) is 6.62. The minimum atomic E-state index is -0.930. The van der Waals surface area contributed by atoms with Gasteiger partial charge in [0.25, 0.3) is 5.72 Å². The second-order valence-corrected chi connectivity index (χ2v) is 8.59. The Hall–Kier alpha value is -1.30. The fourth-order valence-electron chi connectivity index (χ4n) is 3.63. The van der Waals surface area contributed by atoms with Gasteiger partial charge in [-0.15, -0.1) is 0 Å². The number of β-amino-alcohol motifs (C(OH)–C–C–N with tert-alkyl or cyclic N) is 1. The molecule has 0 bridgehead atoms. The molecule has 3 nitrogen and oxygen atoms in total. The van der Waals surface area contributed by atoms with E-state index in [9.17, 15) is 5.11 Å². The molecule has 2 aromatic carbocycles. The first-order chi connectivity index (χ1) is 12.2. The highest BCUT2D eigenvalue weighted by Gasteiger charge is 2.53. The molecule has 1 saturated heterocycles. The zero-order valence-corrected chi connectivity index (χ0v) is 16.5. The maximum absolute atomic E-state index is 11.6. The van der Waals surface area contributed by atoms with Crippen molar-refractivity contribution in [2.75, 3.05) is 25.4 Å². The molecule has 1 atom stereocenters. The molecule has 0 amide bonds. The average Bonchev–Trinajstić information content (AvgIpc) is 2.95. The number of benzene rings is 2. The van der Waals surface area contributed by atoms with E-state index in [4.69, 9.17) is 0 Å². The van der Waals surface area contributed by atoms with Crippen molar-refractivity contribution in [3.05, 3.63) is 70.2 Å². The lowest BCUT2D eigenvalue weighted by molar-refractivity contribution is -0.531. The van der Waals surface area contributed by atoms with Crippen molar-refractivity contribution in [1.82, 2.24) is 4.90 Å². The Kier molecular flexibility index (Phi) is 4.89. The number of fused-ring (bicyclic) bond motifs is 1. The predicted molar refractivity (Wildman–Crippen MR) is 107 cm³/mol. The number of aliphatic hydroxyl groups is 1. The van der Waals surface area contributed by atoms with Crippen molar-refractivity contribution in [3.63, 3.8) is 0 Å². The van der Waals surface area contributed by atoms with Crippen LogP contribution in [0.1, 0.15) is 17.5 Å². The molecule has 1 N–H and O–H groups in total. The van der Waals surface area contributed by atoms with E-state index in [1.165, 1.54) is 10.7 Å². The fourth-order valence-corrected chi connectivity index (χ4v) is 5.09. The Morgan fingerprint density at radius 2 is 1.88 bits per heavy atom. The van der Waals surface area contributed by atoms with Gasteiger partial charge in [0.05, 0.1) is 13.1 Å². The number of amidine groups is 1. The van der Waals surface area contributed by atoms with Crippen LogP contribution in [0.3, 0.4) is 0 Å². The number of halogens is 1. The van der Waals surface area contributed by atoms with E-state index in [1.807, 2.05) is 36.0 Å². The van der Waals surface area contributed by atoms with Gasteiger partial charge in [-0.05, 0) is 35.9 Å². The van der Waals surface area contributed by atoms with Gasteiger partial charge in [0.1, 0.15) is 0 Å². The topological polar surface area (TPSA) is 26.5 Å². The third-order valence-electron chi connectivity index (χ3n) is 4.94. The van der Waals surface area contributed by atoms with Gasteiger partial charge in [-0.25, -0.2) is 9.48 Å². The van der Waals surface area contributed by atoms with E-state index >= 15 is 0 Å². The van der Waals surface area contributed by atoms with Crippen molar-refractivity contribution in [3.8, 4) is 0 Å². The van der Waals surface area contributed by atoms with Gasteiger partial charge in [0.2, 0.25) is 0 Å². The quantitative estimate of drug-likeness (QED) is 0.768. The molecular formula is C20H22BrN2OS+. The molecule has 2 aliphatic rings. The molecule has 0 radical (unpaired) electrons. The van der Waals surface area contributed by atoms with E-state index < -0.39 is 5.72 Å². The lowest BCUT2D eigenvalue weighted by Gasteiger charge is -2.30. The Labute approximate surface area is 161 Å². The summed E-state index contributed by atoms with van der Waals surface area (Å²) < 4.78 is 3.40. The summed E-state index contributed by atoms with van der Waals surface area (Å²) in [5.74, 6) is 1.13. The maximum atomic E-state index is 11.6. The van der Waals surface area contributed by atoms with Crippen LogP contribution >= 0.6 is 27.7 Å². The Morgan fingerprint density at radius 3 is 2.64 bits per heavy atom. The number of thioether (sulfide) groups is 1. The van der Waals surface area contributed by atoms with Gasteiger partial charge in [-0.1, -0.05) is 58.4 Å². The molecule has 0 saturated carbocycles. The minimum absolute atomic E-state index is 0.629. The summed E-state index contributed by atoms with van der Waals surface area (Å²) in [6, 6.07) is 18.7. The summed E-state index contributed by atoms with van der Waals surface area (Å²) in [6.45, 7) is 2.47. The standard InChI is InChI=1S/C20H22BrN2OS/c21-18-9-7-17(8-10-18)20(24)15-22(19-23(20)12-4-14-25-19)13-11-16-5-2-1-3-6-16/h1-3,5-10,24H,4,11-15H2/q+1/t20-/m1/s1. The van der Waals surface area contributed by atoms with Crippen LogP contribution in [0.25, 0.3) is 0 Å². The second kappa shape index (κ2) is 7.14. The fraction of sp³-hybridized carbons (Fsp3) is 0.350. The van der Waals surface area contributed by atoms with Gasteiger partial charge in [-0.2, -0.15) is 0 Å². The van der Waals surface area contributed by atoms with Crippen molar-refractivity contribution in [2.24, 2.45) is 0 Å². The summed E-state index contributed by atoms with van der Waals surface area (Å²) in [5, 5.41) is 12.8. The van der Waals surface area contributed by atoms with E-state index in [2.05, 4.69) is 55.7 Å². The molecule has 0 unspecified atom stereocenters. The van der Waals surface area contributed by atoms with Gasteiger partial charge < -0.3 is 5.11 Å². The number of hydrogen-bond acceptors (Lipinski definition) is 3. The van der Waals surface area contributed by atoms with Crippen LogP contribution in [0.2, 0.25) is 0 Å². The molecule has 0 aliphatic carbocycles. The zero-order chi connectivity index (χ0) is 17.3. The van der Waals surface area contributed by atoms with Crippen LogP contribution in [-0.2, 0) is 12.1 Å². The van der Waals surface area contributed by atoms with Gasteiger partial charge in [-0.3, -0.25) is 0 Å². The molecule has 25 heavy (non-hydrogen) atoms. The Morgan fingerprint density at radius 1 is 1.12 bits per heavy atom. The molecule has 0 spiro atoms. The normalized spacial score (nSPS) is 23.0. The van der Waals surface area contributed by atoms with Gasteiger partial charge in [0.15, 0.2) is 6.54 Å². The summed E-state index contributed by atoms with van der Waals surface area (Å²) in [5.41, 5.74) is 1.38. The highest BCUT2D eigenvalue weighted by atomic mass is 79.9. The zero-order valence-electron chi connectivity index (χ0n) is 14.1. The number of nitrogens with zero attached hydrogens (tertiary/aromatic N) is 2. The molecule has 2 aromatic rings. The van der Waals surface area contributed by atoms with E-state index in [0.717, 1.165) is 41.7 Å². The van der Waals surface area contributed by atoms with E-state index in [1.54, 1.807) is 0 Å². The predicted octanol–water partition coefficient (Wildman–Crippen LogP) is 3.66. The first-order valence-electron chi connectivity index (χ1n) is 8.71. The smallest absolute Gasteiger partial charge is 0.311 e. The average molecular weight is 418 g/mol. The van der Waals surface area contributed by atoms with E-state index in [-0.39, 0.29) is 0 Å². The highest BCUT2D eigenvalue weighted by molar-refractivity contribution is 9.10. The van der Waals surface area contributed by atoms with Gasteiger partial charge in [0, 0.05) is 22.2 Å². The Balaban J connectivity index is 1.59. The molecule has 5 heteroatoms. The first-order valence-corrected chi connectivity index (χ1v) is 10.5. The lowest BCUT2D eigenvalue weighted by atomic mass is 10.0. The summed E-state index contributed by atoms with van der Waals surface area (Å²) in [6.07, 6.45) is 2.11. The number of rotatable bonds is 4. The van der Waals surface area contributed by atoms with Crippen LogP contribution in [0, 0.1) is 0 Å². The molecule has 2 aliphatic heterocycles. The van der Waals surface area contributed by atoms with Gasteiger partial charge >= 0.3 is 5.17 Å². The summed E-state index contributed by atoms with van der Waals surface area (Å²) >= 11 is 5.36. The maximum Gasteiger partial charge on any atom is 0.311 e. The molecule has 1 fully saturated rings. The van der Waals surface area contributed by atoms with E-state index in [0.29, 0.717) is 6.54 Å². The summed E-state index contributed by atoms with van der Waals surface area (Å²) in [4.78, 5) is 2.20. The summed E-state index contributed by atoms with van der Waals surface area (Å²) in [7, 11) is 0. The molecule has 0 aromatic heterocycles. The van der Waals surface area contributed by atoms with Crippen molar-refractivity contribution >= 4 is 32.9 Å². The Bertz CT molecular complexity index is 778. The monoisotopic (exact) mass is 417 g/mol. The molecule has 130 valence electrons.